The number of carbonyl (C=O) groups excluding carboxylic acids is 1. The summed E-state index contributed by atoms with van der Waals surface area (Å²) in [6.45, 7) is 5.62. The lowest BCUT2D eigenvalue weighted by Crippen LogP contribution is -2.24. The van der Waals surface area contributed by atoms with Crippen molar-refractivity contribution in [2.45, 2.75) is 6.92 Å². The van der Waals surface area contributed by atoms with E-state index in [-0.39, 0.29) is 12.2 Å². The minimum Gasteiger partial charge on any atom is -0.355 e. The van der Waals surface area contributed by atoms with E-state index in [4.69, 9.17) is 4.84 Å². The standard InChI is InChI=1S/C17H16FIN2O2/c1-3-8-23-21-17(22)14-6-4-12(18)10-16(14)20-15-7-5-13(19)9-11(15)2/h3-7,9-10,20H,1,8H2,2H3,(H,21,22). The number of hydrogen-bond donors (Lipinski definition) is 2. The second-order valence-electron chi connectivity index (χ2n) is 4.81. The molecule has 1 amide bonds. The second-order valence-corrected chi connectivity index (χ2v) is 6.05. The van der Waals surface area contributed by atoms with Gasteiger partial charge in [-0.05, 0) is 71.5 Å². The number of hydrogen-bond acceptors (Lipinski definition) is 3. The number of benzene rings is 2. The third-order valence-electron chi connectivity index (χ3n) is 3.05. The van der Waals surface area contributed by atoms with Gasteiger partial charge >= 0.3 is 0 Å². The molecule has 0 fully saturated rings. The Morgan fingerprint density at radius 3 is 2.78 bits per heavy atom. The molecule has 23 heavy (non-hydrogen) atoms. The maximum absolute atomic E-state index is 13.6. The predicted molar refractivity (Wildman–Crippen MR) is 97.2 cm³/mol. The molecule has 2 N–H and O–H groups in total. The molecule has 0 unspecified atom stereocenters. The van der Waals surface area contributed by atoms with Crippen molar-refractivity contribution in [1.82, 2.24) is 5.48 Å². The van der Waals surface area contributed by atoms with Crippen molar-refractivity contribution in [1.29, 1.82) is 0 Å². The number of hydroxylamine groups is 1. The SMILES string of the molecule is C=CCONC(=O)c1ccc(F)cc1Nc1ccc(I)cc1C. The average molecular weight is 426 g/mol. The molecule has 0 saturated carbocycles. The van der Waals surface area contributed by atoms with Crippen LogP contribution >= 0.6 is 22.6 Å². The Kier molecular flexibility index (Phi) is 6.12. The molecule has 0 atom stereocenters. The highest BCUT2D eigenvalue weighted by atomic mass is 127. The molecular weight excluding hydrogens is 410 g/mol. The molecule has 0 aliphatic carbocycles. The molecule has 2 rings (SSSR count). The summed E-state index contributed by atoms with van der Waals surface area (Å²) in [5.41, 5.74) is 4.75. The van der Waals surface area contributed by atoms with Crippen molar-refractivity contribution in [3.8, 4) is 0 Å². The number of amides is 1. The molecule has 0 aromatic heterocycles. The van der Waals surface area contributed by atoms with E-state index in [1.165, 1.54) is 24.3 Å². The minimum atomic E-state index is -0.461. The molecule has 0 bridgehead atoms. The van der Waals surface area contributed by atoms with Crippen LogP contribution in [0, 0.1) is 16.3 Å². The number of nitrogens with one attached hydrogen (secondary N) is 2. The van der Waals surface area contributed by atoms with Crippen LogP contribution in [0.2, 0.25) is 0 Å². The van der Waals surface area contributed by atoms with Crippen LogP contribution in [0.5, 0.6) is 0 Å². The van der Waals surface area contributed by atoms with Crippen LogP contribution in [0.4, 0.5) is 15.8 Å². The Labute approximate surface area is 147 Å². The fourth-order valence-corrected chi connectivity index (χ4v) is 2.60. The predicted octanol–water partition coefficient (Wildman–Crippen LogP) is 4.33. The van der Waals surface area contributed by atoms with Gasteiger partial charge in [0.05, 0.1) is 17.9 Å². The van der Waals surface area contributed by atoms with Gasteiger partial charge in [0.1, 0.15) is 5.82 Å². The van der Waals surface area contributed by atoms with Gasteiger partial charge in [-0.15, -0.1) is 6.58 Å². The summed E-state index contributed by atoms with van der Waals surface area (Å²) >= 11 is 2.22. The molecule has 0 saturated heterocycles. The van der Waals surface area contributed by atoms with Gasteiger partial charge in [0, 0.05) is 9.26 Å². The van der Waals surface area contributed by atoms with E-state index in [1.807, 2.05) is 25.1 Å². The van der Waals surface area contributed by atoms with Gasteiger partial charge in [-0.3, -0.25) is 9.63 Å². The lowest BCUT2D eigenvalue weighted by Gasteiger charge is -2.14. The highest BCUT2D eigenvalue weighted by Gasteiger charge is 2.13. The Balaban J connectivity index is 2.28. The van der Waals surface area contributed by atoms with Crippen molar-refractivity contribution in [2.75, 3.05) is 11.9 Å². The normalized spacial score (nSPS) is 10.2. The third-order valence-corrected chi connectivity index (χ3v) is 3.72. The first-order valence-electron chi connectivity index (χ1n) is 6.87. The van der Waals surface area contributed by atoms with E-state index in [9.17, 15) is 9.18 Å². The van der Waals surface area contributed by atoms with E-state index in [1.54, 1.807) is 0 Å². The summed E-state index contributed by atoms with van der Waals surface area (Å²) in [4.78, 5) is 17.1. The van der Waals surface area contributed by atoms with E-state index < -0.39 is 11.7 Å². The lowest BCUT2D eigenvalue weighted by molar-refractivity contribution is 0.0422. The number of halogens is 2. The number of anilines is 2. The maximum atomic E-state index is 13.6. The van der Waals surface area contributed by atoms with Crippen molar-refractivity contribution in [3.63, 3.8) is 0 Å². The van der Waals surface area contributed by atoms with Gasteiger partial charge in [0.25, 0.3) is 5.91 Å². The topological polar surface area (TPSA) is 50.4 Å². The number of aryl methyl sites for hydroxylation is 1. The minimum absolute atomic E-state index is 0.186. The molecule has 120 valence electrons. The van der Waals surface area contributed by atoms with Crippen LogP contribution in [0.25, 0.3) is 0 Å². The molecular formula is C17H16FIN2O2. The first-order valence-corrected chi connectivity index (χ1v) is 7.95. The van der Waals surface area contributed by atoms with Crippen LogP contribution in [-0.4, -0.2) is 12.5 Å². The van der Waals surface area contributed by atoms with Crippen LogP contribution < -0.4 is 10.8 Å². The Morgan fingerprint density at radius 2 is 2.09 bits per heavy atom. The number of carbonyl (C=O) groups is 1. The first kappa shape index (κ1) is 17.4. The molecule has 4 nitrogen and oxygen atoms in total. The summed E-state index contributed by atoms with van der Waals surface area (Å²) in [7, 11) is 0. The molecule has 6 heteroatoms. The Bertz CT molecular complexity index is 735. The Hall–Kier alpha value is -1.93. The first-order chi connectivity index (χ1) is 11.0. The highest BCUT2D eigenvalue weighted by Crippen LogP contribution is 2.25. The van der Waals surface area contributed by atoms with E-state index in [2.05, 4.69) is 40.0 Å². The fourth-order valence-electron chi connectivity index (χ4n) is 1.95. The van der Waals surface area contributed by atoms with Gasteiger partial charge in [0.15, 0.2) is 0 Å². The van der Waals surface area contributed by atoms with Crippen LogP contribution in [0.1, 0.15) is 15.9 Å². The van der Waals surface area contributed by atoms with Crippen molar-refractivity contribution >= 4 is 39.9 Å². The van der Waals surface area contributed by atoms with Crippen LogP contribution in [0.3, 0.4) is 0 Å². The van der Waals surface area contributed by atoms with Crippen LogP contribution in [0.15, 0.2) is 49.1 Å². The molecule has 2 aromatic rings. The van der Waals surface area contributed by atoms with Gasteiger partial charge < -0.3 is 5.32 Å². The molecule has 0 radical (unpaired) electrons. The van der Waals surface area contributed by atoms with Gasteiger partial charge in [-0.2, -0.15) is 0 Å². The molecule has 2 aromatic carbocycles. The largest absolute Gasteiger partial charge is 0.355 e. The van der Waals surface area contributed by atoms with Crippen molar-refractivity contribution in [2.24, 2.45) is 0 Å². The summed E-state index contributed by atoms with van der Waals surface area (Å²) < 4.78 is 14.7. The fraction of sp³-hybridized carbons (Fsp3) is 0.118. The summed E-state index contributed by atoms with van der Waals surface area (Å²) in [5, 5.41) is 3.10. The van der Waals surface area contributed by atoms with Gasteiger partial charge in [-0.1, -0.05) is 6.08 Å². The van der Waals surface area contributed by atoms with Crippen molar-refractivity contribution in [3.05, 3.63) is 69.6 Å². The van der Waals surface area contributed by atoms with Crippen LogP contribution in [-0.2, 0) is 4.84 Å². The average Bonchev–Trinajstić information content (AvgIpc) is 2.50. The summed E-state index contributed by atoms with van der Waals surface area (Å²) in [6.07, 6.45) is 1.51. The smallest absolute Gasteiger partial charge is 0.276 e. The van der Waals surface area contributed by atoms with Gasteiger partial charge in [0.2, 0.25) is 0 Å². The molecule has 0 spiro atoms. The second kappa shape index (κ2) is 8.07. The maximum Gasteiger partial charge on any atom is 0.276 e. The third kappa shape index (κ3) is 4.77. The number of rotatable bonds is 6. The monoisotopic (exact) mass is 426 g/mol. The van der Waals surface area contributed by atoms with E-state index in [0.29, 0.717) is 5.69 Å². The quantitative estimate of drug-likeness (QED) is 0.313. The summed E-state index contributed by atoms with van der Waals surface area (Å²) in [5.74, 6) is -0.892. The Morgan fingerprint density at radius 1 is 1.30 bits per heavy atom. The highest BCUT2D eigenvalue weighted by molar-refractivity contribution is 14.1. The molecule has 0 heterocycles. The lowest BCUT2D eigenvalue weighted by atomic mass is 10.1. The molecule has 0 aliphatic heterocycles. The van der Waals surface area contributed by atoms with E-state index in [0.717, 1.165) is 14.8 Å². The zero-order valence-electron chi connectivity index (χ0n) is 12.5. The zero-order chi connectivity index (χ0) is 16.8. The zero-order valence-corrected chi connectivity index (χ0v) is 14.7. The van der Waals surface area contributed by atoms with Crippen molar-refractivity contribution < 1.29 is 14.0 Å². The molecule has 0 aliphatic rings. The summed E-state index contributed by atoms with van der Waals surface area (Å²) in [6, 6.07) is 9.73. The van der Waals surface area contributed by atoms with Gasteiger partial charge in [-0.25, -0.2) is 9.87 Å². The van der Waals surface area contributed by atoms with E-state index >= 15 is 0 Å².